The number of benzene rings is 1. The fraction of sp³-hybridized carbons (Fsp3) is 0.357. The molecule has 0 heterocycles. The van der Waals surface area contributed by atoms with Crippen molar-refractivity contribution in [2.45, 2.75) is 13.8 Å². The van der Waals surface area contributed by atoms with Crippen LogP contribution >= 0.6 is 0 Å². The molecule has 0 aliphatic heterocycles. The molecule has 0 bridgehead atoms. The second-order valence-corrected chi connectivity index (χ2v) is 5.94. The Labute approximate surface area is 124 Å². The van der Waals surface area contributed by atoms with E-state index in [9.17, 15) is 13.2 Å². The van der Waals surface area contributed by atoms with E-state index in [1.54, 1.807) is 19.1 Å². The number of rotatable bonds is 5. The monoisotopic (exact) mass is 310 g/mol. The molecule has 1 aromatic rings. The van der Waals surface area contributed by atoms with E-state index in [0.29, 0.717) is 11.3 Å². The van der Waals surface area contributed by atoms with Crippen molar-refractivity contribution in [1.82, 2.24) is 0 Å². The van der Waals surface area contributed by atoms with Gasteiger partial charge in [-0.15, -0.1) is 0 Å². The Kier molecular flexibility index (Phi) is 6.21. The van der Waals surface area contributed by atoms with Crippen molar-refractivity contribution in [2.75, 3.05) is 23.6 Å². The lowest BCUT2D eigenvalue weighted by atomic mass is 10.1. The third-order valence-electron chi connectivity index (χ3n) is 2.38. The molecule has 0 radical (unpaired) electrons. The molecule has 0 saturated carbocycles. The summed E-state index contributed by atoms with van der Waals surface area (Å²) in [6.07, 6.45) is 0. The Bertz CT molecular complexity index is 672. The van der Waals surface area contributed by atoms with Crippen LogP contribution in [0.2, 0.25) is 0 Å². The minimum atomic E-state index is -3.84. The van der Waals surface area contributed by atoms with E-state index in [-0.39, 0.29) is 13.2 Å². The summed E-state index contributed by atoms with van der Waals surface area (Å²) in [4.78, 5) is 11.3. The fourth-order valence-corrected chi connectivity index (χ4v) is 2.53. The first-order valence-electron chi connectivity index (χ1n) is 6.33. The molecule has 0 aliphatic rings. The number of anilines is 1. The van der Waals surface area contributed by atoms with E-state index < -0.39 is 21.7 Å². The number of ether oxygens (including phenoxy) is 1. The average Bonchev–Trinajstić information content (AvgIpc) is 2.36. The van der Waals surface area contributed by atoms with Crippen molar-refractivity contribution >= 4 is 21.7 Å². The largest absolute Gasteiger partial charge is 0.465 e. The highest BCUT2D eigenvalue weighted by Crippen LogP contribution is 2.18. The predicted octanol–water partition coefficient (Wildman–Crippen LogP) is 0.610. The van der Waals surface area contributed by atoms with Crippen LogP contribution < -0.4 is 10.5 Å². The first-order chi connectivity index (χ1) is 9.88. The number of nitrogens with one attached hydrogen (secondary N) is 1. The molecule has 21 heavy (non-hydrogen) atoms. The van der Waals surface area contributed by atoms with Crippen molar-refractivity contribution in [3.05, 3.63) is 29.3 Å². The van der Waals surface area contributed by atoms with Gasteiger partial charge in [0.1, 0.15) is 0 Å². The first kappa shape index (κ1) is 17.0. The molecule has 0 spiro atoms. The van der Waals surface area contributed by atoms with Crippen molar-refractivity contribution in [2.24, 2.45) is 5.73 Å². The van der Waals surface area contributed by atoms with Gasteiger partial charge < -0.3 is 10.5 Å². The molecule has 7 heteroatoms. The fourth-order valence-electron chi connectivity index (χ4n) is 1.56. The van der Waals surface area contributed by atoms with Gasteiger partial charge in [-0.05, 0) is 31.5 Å². The summed E-state index contributed by atoms with van der Waals surface area (Å²) in [6.45, 7) is 3.73. The molecule has 0 unspecified atom stereocenters. The maximum absolute atomic E-state index is 11.9. The van der Waals surface area contributed by atoms with Crippen LogP contribution in [0.5, 0.6) is 0 Å². The van der Waals surface area contributed by atoms with E-state index in [0.717, 1.165) is 5.56 Å². The second-order valence-electron chi connectivity index (χ2n) is 4.22. The first-order valence-corrected chi connectivity index (χ1v) is 7.99. The van der Waals surface area contributed by atoms with Gasteiger partial charge in [0.25, 0.3) is 0 Å². The number of hydrogen-bond acceptors (Lipinski definition) is 5. The molecule has 0 aromatic heterocycles. The Morgan fingerprint density at radius 3 is 2.76 bits per heavy atom. The molecule has 3 N–H and O–H groups in total. The topological polar surface area (TPSA) is 98.5 Å². The maximum atomic E-state index is 11.9. The molecule has 6 nitrogen and oxygen atoms in total. The number of carbonyl (C=O) groups is 1. The maximum Gasteiger partial charge on any atom is 0.323 e. The minimum absolute atomic E-state index is 0.131. The number of aryl methyl sites for hydroxylation is 1. The summed E-state index contributed by atoms with van der Waals surface area (Å²) in [5.41, 5.74) is 6.99. The van der Waals surface area contributed by atoms with E-state index in [1.807, 2.05) is 13.0 Å². The zero-order valence-corrected chi connectivity index (χ0v) is 12.8. The number of hydrogen-bond donors (Lipinski definition) is 2. The molecule has 0 aliphatic carbocycles. The summed E-state index contributed by atoms with van der Waals surface area (Å²) in [7, 11) is -3.84. The van der Waals surface area contributed by atoms with Crippen molar-refractivity contribution in [3.8, 4) is 11.8 Å². The van der Waals surface area contributed by atoms with E-state index in [2.05, 4.69) is 21.3 Å². The van der Waals surface area contributed by atoms with E-state index >= 15 is 0 Å². The van der Waals surface area contributed by atoms with Crippen LogP contribution in [0.25, 0.3) is 0 Å². The summed E-state index contributed by atoms with van der Waals surface area (Å²) in [5, 5.41) is 0. The van der Waals surface area contributed by atoms with E-state index in [4.69, 9.17) is 5.73 Å². The molecule has 0 saturated heterocycles. The number of nitrogens with two attached hydrogens (primary N) is 1. The van der Waals surface area contributed by atoms with Crippen LogP contribution in [0, 0.1) is 18.8 Å². The van der Waals surface area contributed by atoms with Crippen LogP contribution in [-0.2, 0) is 19.6 Å². The Morgan fingerprint density at radius 1 is 1.43 bits per heavy atom. The molecule has 0 fully saturated rings. The predicted molar refractivity (Wildman–Crippen MR) is 81.2 cm³/mol. The second kappa shape index (κ2) is 7.67. The highest BCUT2D eigenvalue weighted by atomic mass is 32.2. The molecule has 0 atom stereocenters. The van der Waals surface area contributed by atoms with Crippen LogP contribution in [-0.4, -0.2) is 33.3 Å². The van der Waals surface area contributed by atoms with Crippen molar-refractivity contribution < 1.29 is 17.9 Å². The van der Waals surface area contributed by atoms with Gasteiger partial charge in [-0.3, -0.25) is 9.52 Å². The Morgan fingerprint density at radius 2 is 2.14 bits per heavy atom. The van der Waals surface area contributed by atoms with Crippen molar-refractivity contribution in [1.29, 1.82) is 0 Å². The summed E-state index contributed by atoms with van der Waals surface area (Å²) >= 11 is 0. The minimum Gasteiger partial charge on any atom is -0.465 e. The standard InChI is InChI=1S/C14H18N2O4S/c1-3-20-14(17)10-21(18,19)16-13-9-11(2)6-7-12(13)5-4-8-15/h6-7,9,16H,3,8,10,15H2,1-2H3. The molecule has 1 aromatic carbocycles. The van der Waals surface area contributed by atoms with Gasteiger partial charge in [-0.2, -0.15) is 0 Å². The lowest BCUT2D eigenvalue weighted by Crippen LogP contribution is -2.24. The zero-order valence-electron chi connectivity index (χ0n) is 12.0. The van der Waals surface area contributed by atoms with Crippen LogP contribution in [0.4, 0.5) is 5.69 Å². The van der Waals surface area contributed by atoms with Crippen molar-refractivity contribution in [3.63, 3.8) is 0 Å². The molecule has 114 valence electrons. The Hall–Kier alpha value is -2.04. The van der Waals surface area contributed by atoms with Gasteiger partial charge in [-0.1, -0.05) is 17.9 Å². The SMILES string of the molecule is CCOC(=O)CS(=O)(=O)Nc1cc(C)ccc1C#CCN. The van der Waals surface area contributed by atoms with Gasteiger partial charge >= 0.3 is 5.97 Å². The highest BCUT2D eigenvalue weighted by molar-refractivity contribution is 7.93. The smallest absolute Gasteiger partial charge is 0.323 e. The lowest BCUT2D eigenvalue weighted by Gasteiger charge is -2.10. The molecular formula is C14H18N2O4S. The molecular weight excluding hydrogens is 292 g/mol. The summed E-state index contributed by atoms with van der Waals surface area (Å²) < 4.78 is 30.9. The average molecular weight is 310 g/mol. The van der Waals surface area contributed by atoms with Gasteiger partial charge in [0.2, 0.25) is 10.0 Å². The molecule has 1 rings (SSSR count). The third-order valence-corrected chi connectivity index (χ3v) is 3.53. The van der Waals surface area contributed by atoms with Gasteiger partial charge in [0.15, 0.2) is 5.75 Å². The Balaban J connectivity index is 3.00. The summed E-state index contributed by atoms with van der Waals surface area (Å²) in [5.74, 6) is 3.91. The van der Waals surface area contributed by atoms with Gasteiger partial charge in [-0.25, -0.2) is 8.42 Å². The lowest BCUT2D eigenvalue weighted by molar-refractivity contribution is -0.139. The third kappa shape index (κ3) is 5.85. The van der Waals surface area contributed by atoms with Crippen LogP contribution in [0.3, 0.4) is 0 Å². The number of sulfonamides is 1. The van der Waals surface area contributed by atoms with Gasteiger partial charge in [0, 0.05) is 5.56 Å². The number of carbonyl (C=O) groups excluding carboxylic acids is 1. The molecule has 0 amide bonds. The normalized spacial score (nSPS) is 10.4. The highest BCUT2D eigenvalue weighted by Gasteiger charge is 2.18. The summed E-state index contributed by atoms with van der Waals surface area (Å²) in [6, 6.07) is 5.15. The number of esters is 1. The van der Waals surface area contributed by atoms with Crippen LogP contribution in [0.15, 0.2) is 18.2 Å². The van der Waals surface area contributed by atoms with E-state index in [1.165, 1.54) is 0 Å². The van der Waals surface area contributed by atoms with Gasteiger partial charge in [0.05, 0.1) is 18.8 Å². The zero-order chi connectivity index (χ0) is 15.9. The van der Waals surface area contributed by atoms with Crippen LogP contribution in [0.1, 0.15) is 18.1 Å². The quantitative estimate of drug-likeness (QED) is 0.613.